The summed E-state index contributed by atoms with van der Waals surface area (Å²) < 4.78 is 5.10. The molecule has 9 heteroatoms. The molecule has 0 aliphatic rings. The first-order chi connectivity index (χ1) is 12.2. The number of amides is 1. The Morgan fingerprint density at radius 2 is 2.12 bits per heavy atom. The van der Waals surface area contributed by atoms with Crippen molar-refractivity contribution in [3.63, 3.8) is 0 Å². The van der Waals surface area contributed by atoms with Crippen molar-refractivity contribution >= 4 is 16.8 Å². The van der Waals surface area contributed by atoms with Crippen molar-refractivity contribution in [1.82, 2.24) is 30.6 Å². The van der Waals surface area contributed by atoms with Crippen LogP contribution in [0.2, 0.25) is 0 Å². The van der Waals surface area contributed by atoms with Gasteiger partial charge in [-0.15, -0.1) is 0 Å². The first-order valence-electron chi connectivity index (χ1n) is 7.44. The lowest BCUT2D eigenvalue weighted by molar-refractivity contribution is 0.0943. The average molecular weight is 336 g/mol. The van der Waals surface area contributed by atoms with E-state index in [1.807, 2.05) is 24.3 Å². The Kier molecular flexibility index (Phi) is 3.58. The summed E-state index contributed by atoms with van der Waals surface area (Å²) in [5, 5.41) is 14.1. The second-order valence-corrected chi connectivity index (χ2v) is 5.25. The second-order valence-electron chi connectivity index (χ2n) is 5.25. The maximum absolute atomic E-state index is 12.3. The van der Waals surface area contributed by atoms with Gasteiger partial charge in [0.05, 0.1) is 12.1 Å². The molecule has 4 aromatic rings. The van der Waals surface area contributed by atoms with Gasteiger partial charge in [-0.05, 0) is 12.1 Å². The smallest absolute Gasteiger partial charge is 0.272 e. The van der Waals surface area contributed by atoms with Gasteiger partial charge in [-0.3, -0.25) is 14.7 Å². The number of hydrogen-bond donors (Lipinski definition) is 3. The highest BCUT2D eigenvalue weighted by molar-refractivity contribution is 6.04. The Morgan fingerprint density at radius 1 is 1.24 bits per heavy atom. The number of aromatic amines is 2. The van der Waals surface area contributed by atoms with E-state index in [-0.39, 0.29) is 29.7 Å². The molecule has 1 aromatic carbocycles. The SMILES string of the molecule is O=C(NCc1nc(-c2cc[nH]c(=O)c2)no1)c1n[nH]c2ccccc12. The third kappa shape index (κ3) is 2.90. The van der Waals surface area contributed by atoms with Crippen LogP contribution in [-0.4, -0.2) is 31.2 Å². The van der Waals surface area contributed by atoms with E-state index in [1.165, 1.54) is 12.3 Å². The van der Waals surface area contributed by atoms with Gasteiger partial charge in [-0.25, -0.2) is 0 Å². The molecule has 0 saturated heterocycles. The Bertz CT molecular complexity index is 1110. The molecule has 3 N–H and O–H groups in total. The molecule has 0 fully saturated rings. The van der Waals surface area contributed by atoms with E-state index in [4.69, 9.17) is 4.52 Å². The lowest BCUT2D eigenvalue weighted by Gasteiger charge is -1.99. The number of carbonyl (C=O) groups excluding carboxylic acids is 1. The highest BCUT2D eigenvalue weighted by Gasteiger charge is 2.15. The Morgan fingerprint density at radius 3 is 3.00 bits per heavy atom. The van der Waals surface area contributed by atoms with Crippen LogP contribution in [0.3, 0.4) is 0 Å². The summed E-state index contributed by atoms with van der Waals surface area (Å²) in [6.07, 6.45) is 1.50. The number of H-pyrrole nitrogens is 2. The van der Waals surface area contributed by atoms with Gasteiger partial charge in [0.15, 0.2) is 5.69 Å². The Hall–Kier alpha value is -3.75. The summed E-state index contributed by atoms with van der Waals surface area (Å²) in [5.74, 6) is 0.150. The fourth-order valence-corrected chi connectivity index (χ4v) is 2.40. The molecule has 3 aromatic heterocycles. The summed E-state index contributed by atoms with van der Waals surface area (Å²) in [6.45, 7) is 0.0518. The molecule has 0 bridgehead atoms. The number of rotatable bonds is 4. The van der Waals surface area contributed by atoms with Crippen LogP contribution in [0, 0.1) is 0 Å². The number of para-hydroxylation sites is 1. The molecular weight excluding hydrogens is 324 g/mol. The number of nitrogens with zero attached hydrogens (tertiary/aromatic N) is 3. The van der Waals surface area contributed by atoms with Crippen molar-refractivity contribution in [2.45, 2.75) is 6.54 Å². The third-order valence-electron chi connectivity index (χ3n) is 3.59. The topological polar surface area (TPSA) is 130 Å². The van der Waals surface area contributed by atoms with Crippen molar-refractivity contribution in [1.29, 1.82) is 0 Å². The minimum atomic E-state index is -0.353. The van der Waals surface area contributed by atoms with Crippen LogP contribution in [-0.2, 0) is 6.54 Å². The van der Waals surface area contributed by atoms with Crippen molar-refractivity contribution in [2.75, 3.05) is 0 Å². The quantitative estimate of drug-likeness (QED) is 0.514. The molecule has 0 radical (unpaired) electrons. The minimum Gasteiger partial charge on any atom is -0.342 e. The van der Waals surface area contributed by atoms with Gasteiger partial charge in [0.1, 0.15) is 0 Å². The van der Waals surface area contributed by atoms with Crippen molar-refractivity contribution < 1.29 is 9.32 Å². The predicted molar refractivity (Wildman–Crippen MR) is 87.6 cm³/mol. The van der Waals surface area contributed by atoms with E-state index in [2.05, 4.69) is 30.6 Å². The lowest BCUT2D eigenvalue weighted by atomic mass is 10.2. The van der Waals surface area contributed by atoms with E-state index in [0.29, 0.717) is 11.3 Å². The maximum atomic E-state index is 12.3. The molecule has 9 nitrogen and oxygen atoms in total. The van der Waals surface area contributed by atoms with E-state index >= 15 is 0 Å². The fourth-order valence-electron chi connectivity index (χ4n) is 2.40. The molecule has 4 rings (SSSR count). The number of aromatic nitrogens is 5. The first-order valence-corrected chi connectivity index (χ1v) is 7.44. The number of nitrogens with one attached hydrogen (secondary N) is 3. The van der Waals surface area contributed by atoms with Gasteiger partial charge < -0.3 is 14.8 Å². The van der Waals surface area contributed by atoms with Gasteiger partial charge in [0.25, 0.3) is 5.91 Å². The maximum Gasteiger partial charge on any atom is 0.272 e. The van der Waals surface area contributed by atoms with Crippen molar-refractivity contribution in [3.8, 4) is 11.4 Å². The molecule has 124 valence electrons. The molecule has 0 aliphatic carbocycles. The normalized spacial score (nSPS) is 10.9. The lowest BCUT2D eigenvalue weighted by Crippen LogP contribution is -2.23. The van der Waals surface area contributed by atoms with Crippen LogP contribution < -0.4 is 10.9 Å². The molecule has 3 heterocycles. The molecule has 0 spiro atoms. The fraction of sp³-hybridized carbons (Fsp3) is 0.0625. The number of hydrogen-bond acceptors (Lipinski definition) is 6. The third-order valence-corrected chi connectivity index (χ3v) is 3.59. The van der Waals surface area contributed by atoms with E-state index in [9.17, 15) is 9.59 Å². The van der Waals surface area contributed by atoms with Gasteiger partial charge in [0.2, 0.25) is 17.3 Å². The largest absolute Gasteiger partial charge is 0.342 e. The number of pyridine rings is 1. The van der Waals surface area contributed by atoms with Crippen LogP contribution in [0.15, 0.2) is 51.9 Å². The van der Waals surface area contributed by atoms with Gasteiger partial charge in [-0.1, -0.05) is 23.4 Å². The van der Waals surface area contributed by atoms with E-state index in [1.54, 1.807) is 6.07 Å². The zero-order valence-corrected chi connectivity index (χ0v) is 12.8. The van der Waals surface area contributed by atoms with Crippen molar-refractivity contribution in [3.05, 3.63) is 64.5 Å². The summed E-state index contributed by atoms with van der Waals surface area (Å²) in [4.78, 5) is 30.3. The van der Waals surface area contributed by atoms with Crippen LogP contribution in [0.25, 0.3) is 22.3 Å². The molecule has 0 saturated carbocycles. The van der Waals surface area contributed by atoms with Crippen LogP contribution in [0.1, 0.15) is 16.4 Å². The number of carbonyl (C=O) groups is 1. The summed E-state index contributed by atoms with van der Waals surface area (Å²) >= 11 is 0. The summed E-state index contributed by atoms with van der Waals surface area (Å²) in [7, 11) is 0. The molecule has 1 amide bonds. The van der Waals surface area contributed by atoms with Crippen LogP contribution in [0.5, 0.6) is 0 Å². The zero-order valence-electron chi connectivity index (χ0n) is 12.8. The zero-order chi connectivity index (χ0) is 17.2. The van der Waals surface area contributed by atoms with Gasteiger partial charge >= 0.3 is 0 Å². The van der Waals surface area contributed by atoms with Crippen LogP contribution >= 0.6 is 0 Å². The van der Waals surface area contributed by atoms with E-state index < -0.39 is 0 Å². The van der Waals surface area contributed by atoms with Crippen LogP contribution in [0.4, 0.5) is 0 Å². The molecular formula is C16H12N6O3. The number of benzene rings is 1. The number of fused-ring (bicyclic) bond motifs is 1. The Labute approximate surface area is 140 Å². The second kappa shape index (κ2) is 6.04. The summed E-state index contributed by atoms with van der Waals surface area (Å²) in [5.41, 5.74) is 1.35. The molecule has 0 atom stereocenters. The van der Waals surface area contributed by atoms with Crippen molar-refractivity contribution in [2.24, 2.45) is 0 Å². The minimum absolute atomic E-state index is 0.0518. The molecule has 0 unspecified atom stereocenters. The monoisotopic (exact) mass is 336 g/mol. The molecule has 25 heavy (non-hydrogen) atoms. The standard InChI is InChI=1S/C16H12N6O3/c23-12-7-9(5-6-17-12)15-19-13(25-22-15)8-18-16(24)14-10-3-1-2-4-11(10)20-21-14/h1-7H,8H2,(H,17,23)(H,18,24)(H,20,21). The highest BCUT2D eigenvalue weighted by atomic mass is 16.5. The average Bonchev–Trinajstić information content (AvgIpc) is 3.27. The van der Waals surface area contributed by atoms with Gasteiger partial charge in [0, 0.05) is 23.2 Å². The Balaban J connectivity index is 1.48. The van der Waals surface area contributed by atoms with Gasteiger partial charge in [-0.2, -0.15) is 10.1 Å². The van der Waals surface area contributed by atoms with E-state index in [0.717, 1.165) is 10.9 Å². The highest BCUT2D eigenvalue weighted by Crippen LogP contribution is 2.15. The summed E-state index contributed by atoms with van der Waals surface area (Å²) in [6, 6.07) is 10.4. The first kappa shape index (κ1) is 14.8. The molecule has 0 aliphatic heterocycles. The predicted octanol–water partition coefficient (Wildman–Crippen LogP) is 1.23.